The first kappa shape index (κ1) is 30.1. The summed E-state index contributed by atoms with van der Waals surface area (Å²) in [7, 11) is 2.96. The molecule has 11 heteroatoms. The SMILES string of the molecule is CNc1ccc(C(C)(CNCC(=O)CC(=O)OC)C(=O)N2CCCC2)cc1NC(=O)CNc1ccc(C#N)cc1. The first-order valence-electron chi connectivity index (χ1n) is 13.1. The number of nitrogens with zero attached hydrogens (tertiary/aromatic N) is 2. The number of likely N-dealkylation sites (tertiary alicyclic amines) is 1. The van der Waals surface area contributed by atoms with E-state index >= 15 is 0 Å². The fraction of sp³-hybridized carbons (Fsp3) is 0.414. The average Bonchev–Trinajstić information content (AvgIpc) is 3.50. The number of nitriles is 1. The Bertz CT molecular complexity index is 1270. The van der Waals surface area contributed by atoms with Crippen LogP contribution in [0.25, 0.3) is 0 Å². The molecule has 11 nitrogen and oxygen atoms in total. The summed E-state index contributed by atoms with van der Waals surface area (Å²) in [4.78, 5) is 52.0. The molecule has 212 valence electrons. The average molecular weight is 549 g/mol. The van der Waals surface area contributed by atoms with Crippen LogP contribution in [-0.4, -0.2) is 75.3 Å². The van der Waals surface area contributed by atoms with E-state index in [0.717, 1.165) is 12.8 Å². The second-order valence-electron chi connectivity index (χ2n) is 9.83. The van der Waals surface area contributed by atoms with Crippen LogP contribution >= 0.6 is 0 Å². The molecule has 1 saturated heterocycles. The number of esters is 1. The van der Waals surface area contributed by atoms with E-state index in [-0.39, 0.29) is 43.7 Å². The molecule has 40 heavy (non-hydrogen) atoms. The summed E-state index contributed by atoms with van der Waals surface area (Å²) in [5.41, 5.74) is 2.04. The van der Waals surface area contributed by atoms with Crippen molar-refractivity contribution in [1.29, 1.82) is 5.26 Å². The van der Waals surface area contributed by atoms with E-state index in [9.17, 15) is 19.2 Å². The number of carbonyl (C=O) groups is 4. The molecule has 0 bridgehead atoms. The van der Waals surface area contributed by atoms with Crippen LogP contribution < -0.4 is 21.3 Å². The summed E-state index contributed by atoms with van der Waals surface area (Å²) in [6.07, 6.45) is 1.52. The minimum absolute atomic E-state index is 0.00683. The Morgan fingerprint density at radius 3 is 2.35 bits per heavy atom. The normalized spacial score (nSPS) is 14.0. The van der Waals surface area contributed by atoms with E-state index in [2.05, 4.69) is 32.1 Å². The fourth-order valence-electron chi connectivity index (χ4n) is 4.57. The van der Waals surface area contributed by atoms with Gasteiger partial charge in [-0.2, -0.15) is 5.26 Å². The molecular formula is C29H36N6O5. The van der Waals surface area contributed by atoms with Crippen LogP contribution in [0.2, 0.25) is 0 Å². The van der Waals surface area contributed by atoms with E-state index in [4.69, 9.17) is 5.26 Å². The van der Waals surface area contributed by atoms with Gasteiger partial charge in [-0.25, -0.2) is 0 Å². The Hall–Kier alpha value is -4.43. The number of benzene rings is 2. The molecule has 0 spiro atoms. The zero-order valence-electron chi connectivity index (χ0n) is 23.1. The van der Waals surface area contributed by atoms with Gasteiger partial charge >= 0.3 is 5.97 Å². The minimum atomic E-state index is -1.04. The number of amides is 2. The van der Waals surface area contributed by atoms with Gasteiger partial charge in [-0.05, 0) is 61.7 Å². The summed E-state index contributed by atoms with van der Waals surface area (Å²) >= 11 is 0. The number of carbonyl (C=O) groups excluding carboxylic acids is 4. The maximum absolute atomic E-state index is 13.8. The Balaban J connectivity index is 1.78. The molecule has 1 fully saturated rings. The Labute approximate surface area is 234 Å². The van der Waals surface area contributed by atoms with Gasteiger partial charge in [0.1, 0.15) is 6.42 Å². The number of nitrogens with one attached hydrogen (secondary N) is 4. The van der Waals surface area contributed by atoms with Crippen LogP contribution in [0, 0.1) is 11.3 Å². The molecule has 4 N–H and O–H groups in total. The third-order valence-electron chi connectivity index (χ3n) is 6.90. The number of methoxy groups -OCH3 is 1. The van der Waals surface area contributed by atoms with Crippen LogP contribution in [0.3, 0.4) is 0 Å². The summed E-state index contributed by atoms with van der Waals surface area (Å²) in [5.74, 6) is -1.32. The van der Waals surface area contributed by atoms with Crippen molar-refractivity contribution in [2.24, 2.45) is 0 Å². The van der Waals surface area contributed by atoms with Crippen LogP contribution in [0.15, 0.2) is 42.5 Å². The number of ether oxygens (including phenoxy) is 1. The standard InChI is InChI=1S/C29H36N6O5/c1-29(28(39)35-12-4-5-13-35,19-32-17-23(36)15-27(38)40-3)21-8-11-24(31-2)25(14-21)34-26(37)18-33-22-9-6-20(16-30)7-10-22/h6-11,14,31-33H,4-5,12-13,15,17-19H2,1-3H3,(H,34,37). The quantitative estimate of drug-likeness (QED) is 0.218. The minimum Gasteiger partial charge on any atom is -0.469 e. The molecule has 0 aliphatic carbocycles. The number of Topliss-reactive ketones (excluding diaryl/α,β-unsaturated/α-hetero) is 1. The topological polar surface area (TPSA) is 153 Å². The maximum Gasteiger partial charge on any atom is 0.313 e. The lowest BCUT2D eigenvalue weighted by atomic mass is 9.80. The van der Waals surface area contributed by atoms with Gasteiger partial charge in [-0.1, -0.05) is 6.07 Å². The second kappa shape index (κ2) is 14.1. The molecule has 1 heterocycles. The van der Waals surface area contributed by atoms with E-state index in [1.54, 1.807) is 43.4 Å². The number of hydrogen-bond acceptors (Lipinski definition) is 9. The zero-order valence-corrected chi connectivity index (χ0v) is 23.1. The van der Waals surface area contributed by atoms with Gasteiger partial charge in [0.05, 0.1) is 48.6 Å². The van der Waals surface area contributed by atoms with Crippen molar-refractivity contribution in [2.75, 3.05) is 62.8 Å². The molecule has 2 amide bonds. The van der Waals surface area contributed by atoms with Crippen molar-refractivity contribution in [2.45, 2.75) is 31.6 Å². The zero-order chi connectivity index (χ0) is 29.1. The van der Waals surface area contributed by atoms with Crippen molar-refractivity contribution < 1.29 is 23.9 Å². The van der Waals surface area contributed by atoms with Crippen molar-refractivity contribution in [1.82, 2.24) is 10.2 Å². The van der Waals surface area contributed by atoms with Crippen molar-refractivity contribution in [3.63, 3.8) is 0 Å². The van der Waals surface area contributed by atoms with Crippen LogP contribution in [0.1, 0.15) is 37.3 Å². The highest BCUT2D eigenvalue weighted by molar-refractivity contribution is 5.98. The predicted molar refractivity (Wildman–Crippen MR) is 152 cm³/mol. The lowest BCUT2D eigenvalue weighted by Crippen LogP contribution is -2.50. The first-order chi connectivity index (χ1) is 19.2. The highest BCUT2D eigenvalue weighted by atomic mass is 16.5. The summed E-state index contributed by atoms with van der Waals surface area (Å²) in [6, 6.07) is 14.2. The number of ketones is 1. The van der Waals surface area contributed by atoms with Crippen LogP contribution in [0.4, 0.5) is 17.1 Å². The third-order valence-corrected chi connectivity index (χ3v) is 6.90. The van der Waals surface area contributed by atoms with E-state index in [1.165, 1.54) is 7.11 Å². The molecule has 2 aromatic rings. The van der Waals surface area contributed by atoms with Gasteiger partial charge in [-0.3, -0.25) is 19.2 Å². The van der Waals surface area contributed by atoms with E-state index < -0.39 is 11.4 Å². The first-order valence-corrected chi connectivity index (χ1v) is 13.1. The number of anilines is 3. The summed E-state index contributed by atoms with van der Waals surface area (Å²) in [6.45, 7) is 3.20. The molecule has 1 aliphatic heterocycles. The van der Waals surface area contributed by atoms with Crippen molar-refractivity contribution in [3.05, 3.63) is 53.6 Å². The monoisotopic (exact) mass is 548 g/mol. The molecule has 3 rings (SSSR count). The van der Waals surface area contributed by atoms with Gasteiger partial charge in [0.2, 0.25) is 11.8 Å². The van der Waals surface area contributed by atoms with Gasteiger partial charge in [0, 0.05) is 32.4 Å². The van der Waals surface area contributed by atoms with E-state index in [0.29, 0.717) is 41.3 Å². The molecule has 2 aromatic carbocycles. The summed E-state index contributed by atoms with van der Waals surface area (Å²) < 4.78 is 4.56. The molecule has 0 radical (unpaired) electrons. The second-order valence-corrected chi connectivity index (χ2v) is 9.83. The molecule has 1 aliphatic rings. The van der Waals surface area contributed by atoms with E-state index in [1.807, 2.05) is 17.9 Å². The largest absolute Gasteiger partial charge is 0.469 e. The summed E-state index contributed by atoms with van der Waals surface area (Å²) in [5, 5.41) is 21.0. The van der Waals surface area contributed by atoms with Crippen LogP contribution in [0.5, 0.6) is 0 Å². The molecule has 1 unspecified atom stereocenters. The Morgan fingerprint density at radius 1 is 1.02 bits per heavy atom. The van der Waals surface area contributed by atoms with Crippen molar-refractivity contribution >= 4 is 40.6 Å². The molecule has 0 saturated carbocycles. The van der Waals surface area contributed by atoms with Crippen molar-refractivity contribution in [3.8, 4) is 6.07 Å². The van der Waals surface area contributed by atoms with Gasteiger partial charge in [-0.15, -0.1) is 0 Å². The number of rotatable bonds is 13. The Kier molecular flexibility index (Phi) is 10.6. The molecule has 0 aromatic heterocycles. The molecule has 1 atom stereocenters. The highest BCUT2D eigenvalue weighted by Crippen LogP contribution is 2.33. The van der Waals surface area contributed by atoms with Crippen LogP contribution in [-0.2, 0) is 29.3 Å². The highest BCUT2D eigenvalue weighted by Gasteiger charge is 2.39. The predicted octanol–water partition coefficient (Wildman–Crippen LogP) is 2.25. The maximum atomic E-state index is 13.8. The lowest BCUT2D eigenvalue weighted by Gasteiger charge is -2.34. The Morgan fingerprint density at radius 2 is 1.73 bits per heavy atom. The third kappa shape index (κ3) is 7.80. The lowest BCUT2D eigenvalue weighted by molar-refractivity contribution is -0.143. The fourth-order valence-corrected chi connectivity index (χ4v) is 4.57. The van der Waals surface area contributed by atoms with Gasteiger partial charge < -0.3 is 30.9 Å². The smallest absolute Gasteiger partial charge is 0.313 e. The van der Waals surface area contributed by atoms with Gasteiger partial charge in [0.15, 0.2) is 5.78 Å². The number of hydrogen-bond donors (Lipinski definition) is 4. The van der Waals surface area contributed by atoms with Gasteiger partial charge in [0.25, 0.3) is 0 Å². The molecular weight excluding hydrogens is 512 g/mol.